The summed E-state index contributed by atoms with van der Waals surface area (Å²) in [7, 11) is 1.79. The molecule has 176 valence electrons. The number of aryl methyl sites for hydroxylation is 2. The predicted molar refractivity (Wildman–Crippen MR) is 125 cm³/mol. The van der Waals surface area contributed by atoms with Crippen molar-refractivity contribution in [2.45, 2.75) is 37.6 Å². The summed E-state index contributed by atoms with van der Waals surface area (Å²) in [4.78, 5) is 23.7. The smallest absolute Gasteiger partial charge is 0.410 e. The van der Waals surface area contributed by atoms with Gasteiger partial charge in [-0.3, -0.25) is 10.00 Å². The van der Waals surface area contributed by atoms with E-state index in [1.807, 2.05) is 0 Å². The fourth-order valence-electron chi connectivity index (χ4n) is 4.98. The minimum atomic E-state index is -1.24. The Balaban J connectivity index is 1.31. The molecule has 1 aliphatic carbocycles. The van der Waals surface area contributed by atoms with Gasteiger partial charge >= 0.3 is 6.09 Å². The lowest BCUT2D eigenvalue weighted by atomic mass is 9.66. The summed E-state index contributed by atoms with van der Waals surface area (Å²) in [6.07, 6.45) is 6.45. The number of amides is 1. The van der Waals surface area contributed by atoms with Gasteiger partial charge in [0, 0.05) is 43.0 Å². The normalized spacial score (nSPS) is 15.4. The molecule has 0 saturated heterocycles. The molecule has 1 amide bonds. The average Bonchev–Trinajstić information content (AvgIpc) is 3.45. The molecule has 1 aliphatic heterocycles. The highest BCUT2D eigenvalue weighted by Gasteiger charge is 2.45. The van der Waals surface area contributed by atoms with Crippen molar-refractivity contribution < 1.29 is 14.6 Å². The molecule has 4 aromatic heterocycles. The number of anilines is 3. The number of pyridine rings is 2. The average molecular weight is 471 g/mol. The Morgan fingerprint density at radius 2 is 2.11 bits per heavy atom. The first-order chi connectivity index (χ1) is 17.0. The van der Waals surface area contributed by atoms with E-state index in [-0.39, 0.29) is 22.5 Å². The molecular weight excluding hydrogens is 450 g/mol. The van der Waals surface area contributed by atoms with Gasteiger partial charge in [-0.1, -0.05) is 6.42 Å². The van der Waals surface area contributed by atoms with Crippen LogP contribution >= 0.6 is 0 Å². The van der Waals surface area contributed by atoms with Crippen LogP contribution in [0.3, 0.4) is 0 Å². The third-order valence-electron chi connectivity index (χ3n) is 6.85. The Bertz CT molecular complexity index is 1530. The first-order valence-corrected chi connectivity index (χ1v) is 11.2. The molecule has 0 radical (unpaired) electrons. The quantitative estimate of drug-likeness (QED) is 0.393. The van der Waals surface area contributed by atoms with E-state index in [9.17, 15) is 10.1 Å². The molecular formula is C23H21N9O3. The molecule has 1 spiro atoms. The Morgan fingerprint density at radius 3 is 2.86 bits per heavy atom. The fourth-order valence-corrected chi connectivity index (χ4v) is 4.98. The van der Waals surface area contributed by atoms with E-state index >= 15 is 0 Å². The van der Waals surface area contributed by atoms with Crippen molar-refractivity contribution in [1.82, 2.24) is 29.3 Å². The molecule has 1 saturated carbocycles. The SMILES string of the molecule is Cn1c(Nc2cc3n(n2)CCC32CCC2)nc2ncc(Oc3ccnc(NC(=O)O)c3)c(C#N)c21. The highest BCUT2D eigenvalue weighted by Crippen LogP contribution is 2.50. The zero-order valence-electron chi connectivity index (χ0n) is 18.8. The number of hydrogen-bond acceptors (Lipinski definition) is 8. The van der Waals surface area contributed by atoms with Gasteiger partial charge in [-0.2, -0.15) is 15.3 Å². The number of ether oxygens (including phenoxy) is 1. The molecule has 0 bridgehead atoms. The number of nitrogens with zero attached hydrogens (tertiary/aromatic N) is 7. The van der Waals surface area contributed by atoms with Crippen LogP contribution in [0.1, 0.15) is 36.9 Å². The molecule has 1 fully saturated rings. The van der Waals surface area contributed by atoms with Crippen molar-refractivity contribution in [2.75, 3.05) is 10.6 Å². The molecule has 5 heterocycles. The van der Waals surface area contributed by atoms with Gasteiger partial charge in [-0.25, -0.2) is 14.8 Å². The molecule has 12 heteroatoms. The van der Waals surface area contributed by atoms with Gasteiger partial charge in [-0.05, 0) is 25.3 Å². The number of nitrogens with one attached hydrogen (secondary N) is 2. The van der Waals surface area contributed by atoms with Crippen LogP contribution in [0, 0.1) is 11.3 Å². The zero-order chi connectivity index (χ0) is 24.2. The van der Waals surface area contributed by atoms with Crippen LogP contribution in [0.25, 0.3) is 11.2 Å². The number of aromatic nitrogens is 6. The standard InChI is InChI=1S/C23H21N9O3/c1-31-19-14(11-24)15(35-13-3-7-25-17(9-13)28-22(33)34)12-26-20(19)29-21(31)27-18-10-16-23(4-2-5-23)6-8-32(16)30-18/h3,7,9-10,12H,2,4-6,8H2,1H3,(H,25,28)(H,33,34)(H,26,27,29,30). The number of carboxylic acid groups (broad SMARTS) is 1. The summed E-state index contributed by atoms with van der Waals surface area (Å²) in [5, 5.41) is 29.0. The number of nitriles is 1. The monoisotopic (exact) mass is 471 g/mol. The number of fused-ring (bicyclic) bond motifs is 3. The number of imidazole rings is 1. The lowest BCUT2D eigenvalue weighted by Crippen LogP contribution is -2.31. The minimum Gasteiger partial charge on any atom is -0.465 e. The van der Waals surface area contributed by atoms with Crippen LogP contribution in [-0.2, 0) is 19.0 Å². The Morgan fingerprint density at radius 1 is 1.26 bits per heavy atom. The van der Waals surface area contributed by atoms with E-state index in [0.717, 1.165) is 18.8 Å². The zero-order valence-corrected chi connectivity index (χ0v) is 18.8. The first kappa shape index (κ1) is 20.9. The molecule has 4 aromatic rings. The van der Waals surface area contributed by atoms with Crippen molar-refractivity contribution in [3.63, 3.8) is 0 Å². The second-order valence-corrected chi connectivity index (χ2v) is 8.83. The van der Waals surface area contributed by atoms with E-state index in [2.05, 4.69) is 42.4 Å². The second kappa shape index (κ2) is 7.69. The van der Waals surface area contributed by atoms with E-state index in [1.54, 1.807) is 17.7 Å². The minimum absolute atomic E-state index is 0.102. The van der Waals surface area contributed by atoms with Gasteiger partial charge in [0.2, 0.25) is 5.95 Å². The summed E-state index contributed by atoms with van der Waals surface area (Å²) in [5.74, 6) is 1.85. The number of carbonyl (C=O) groups is 1. The van der Waals surface area contributed by atoms with Gasteiger partial charge < -0.3 is 19.7 Å². The van der Waals surface area contributed by atoms with Crippen LogP contribution in [0.15, 0.2) is 30.6 Å². The fraction of sp³-hybridized carbons (Fsp3) is 0.304. The lowest BCUT2D eigenvalue weighted by molar-refractivity contribution is 0.209. The van der Waals surface area contributed by atoms with E-state index < -0.39 is 6.09 Å². The van der Waals surface area contributed by atoms with Gasteiger partial charge in [-0.15, -0.1) is 0 Å². The molecule has 0 unspecified atom stereocenters. The van der Waals surface area contributed by atoms with E-state index in [4.69, 9.17) is 14.9 Å². The largest absolute Gasteiger partial charge is 0.465 e. The van der Waals surface area contributed by atoms with Crippen molar-refractivity contribution in [1.29, 1.82) is 5.26 Å². The molecule has 12 nitrogen and oxygen atoms in total. The Hall–Kier alpha value is -4.66. The Kier molecular flexibility index (Phi) is 4.60. The summed E-state index contributed by atoms with van der Waals surface area (Å²) in [6, 6.07) is 7.26. The maximum Gasteiger partial charge on any atom is 0.410 e. The van der Waals surface area contributed by atoms with Crippen LogP contribution in [0.2, 0.25) is 0 Å². The number of rotatable bonds is 5. The van der Waals surface area contributed by atoms with Crippen molar-refractivity contribution in [3.8, 4) is 17.6 Å². The topological polar surface area (TPSA) is 156 Å². The molecule has 0 aromatic carbocycles. The molecule has 35 heavy (non-hydrogen) atoms. The Labute approximate surface area is 199 Å². The van der Waals surface area contributed by atoms with Gasteiger partial charge in [0.05, 0.1) is 6.20 Å². The third-order valence-corrected chi connectivity index (χ3v) is 6.85. The molecule has 0 atom stereocenters. The number of hydrogen-bond donors (Lipinski definition) is 3. The van der Waals surface area contributed by atoms with Crippen molar-refractivity contribution >= 4 is 34.8 Å². The lowest BCUT2D eigenvalue weighted by Gasteiger charge is -2.37. The maximum absolute atomic E-state index is 10.9. The van der Waals surface area contributed by atoms with Gasteiger partial charge in [0.15, 0.2) is 17.2 Å². The summed E-state index contributed by atoms with van der Waals surface area (Å²) >= 11 is 0. The van der Waals surface area contributed by atoms with Crippen molar-refractivity contribution in [2.24, 2.45) is 7.05 Å². The van der Waals surface area contributed by atoms with E-state index in [0.29, 0.717) is 22.9 Å². The highest BCUT2D eigenvalue weighted by molar-refractivity contribution is 5.84. The summed E-state index contributed by atoms with van der Waals surface area (Å²) in [5.41, 5.74) is 2.72. The summed E-state index contributed by atoms with van der Waals surface area (Å²) in [6.45, 7) is 0.930. The second-order valence-electron chi connectivity index (χ2n) is 8.83. The predicted octanol–water partition coefficient (Wildman–Crippen LogP) is 3.88. The van der Waals surface area contributed by atoms with Gasteiger partial charge in [0.1, 0.15) is 28.7 Å². The van der Waals surface area contributed by atoms with Crippen molar-refractivity contribution in [3.05, 3.63) is 41.9 Å². The molecule has 3 N–H and O–H groups in total. The van der Waals surface area contributed by atoms with E-state index in [1.165, 1.54) is 43.4 Å². The summed E-state index contributed by atoms with van der Waals surface area (Å²) < 4.78 is 9.69. The van der Waals surface area contributed by atoms with Crippen LogP contribution < -0.4 is 15.4 Å². The van der Waals surface area contributed by atoms with Gasteiger partial charge in [0.25, 0.3) is 0 Å². The maximum atomic E-state index is 10.9. The molecule has 2 aliphatic rings. The van der Waals surface area contributed by atoms with Crippen LogP contribution in [0.4, 0.5) is 22.4 Å². The first-order valence-electron chi connectivity index (χ1n) is 11.2. The third kappa shape index (κ3) is 3.40. The van der Waals surface area contributed by atoms with Crippen LogP contribution in [-0.4, -0.2) is 40.5 Å². The highest BCUT2D eigenvalue weighted by atomic mass is 16.5. The molecule has 6 rings (SSSR count). The van der Waals surface area contributed by atoms with Crippen LogP contribution in [0.5, 0.6) is 11.5 Å².